The van der Waals surface area contributed by atoms with E-state index < -0.39 is 11.7 Å². The lowest BCUT2D eigenvalue weighted by Gasteiger charge is -2.28. The van der Waals surface area contributed by atoms with Gasteiger partial charge < -0.3 is 25.0 Å². The van der Waals surface area contributed by atoms with Crippen LogP contribution in [-0.4, -0.2) is 46.8 Å². The average Bonchev–Trinajstić information content (AvgIpc) is 3.36. The van der Waals surface area contributed by atoms with Crippen molar-refractivity contribution < 1.29 is 18.7 Å². The number of benzene rings is 2. The largest absolute Gasteiger partial charge is 0.434 e. The highest BCUT2D eigenvalue weighted by atomic mass is 19.1. The van der Waals surface area contributed by atoms with Crippen molar-refractivity contribution in [1.29, 1.82) is 0 Å². The minimum Gasteiger partial charge on any atom is -0.434 e. The van der Waals surface area contributed by atoms with Gasteiger partial charge in [-0.05, 0) is 54.6 Å². The molecule has 0 aliphatic carbocycles. The van der Waals surface area contributed by atoms with Crippen LogP contribution < -0.4 is 20.3 Å². The summed E-state index contributed by atoms with van der Waals surface area (Å²) in [4.78, 5) is 18.3. The highest BCUT2D eigenvalue weighted by Crippen LogP contribution is 2.30. The molecule has 1 amide bonds. The number of aromatic nitrogens is 3. The number of ether oxygens (including phenoxy) is 2. The molecule has 9 nitrogen and oxygen atoms in total. The molecule has 0 unspecified atom stereocenters. The lowest BCUT2D eigenvalue weighted by Crippen LogP contribution is -2.36. The van der Waals surface area contributed by atoms with E-state index in [0.29, 0.717) is 11.2 Å². The Morgan fingerprint density at radius 2 is 1.89 bits per heavy atom. The zero-order valence-corrected chi connectivity index (χ0v) is 18.8. The first-order valence-corrected chi connectivity index (χ1v) is 11.0. The molecule has 4 aromatic rings. The van der Waals surface area contributed by atoms with Gasteiger partial charge in [-0.25, -0.2) is 8.91 Å². The van der Waals surface area contributed by atoms with Gasteiger partial charge in [0.15, 0.2) is 11.6 Å². The first-order chi connectivity index (χ1) is 17.1. The molecular weight excluding hydrogens is 451 g/mol. The molecule has 1 aliphatic rings. The normalized spacial score (nSPS) is 13.5. The van der Waals surface area contributed by atoms with Gasteiger partial charge in [0, 0.05) is 42.4 Å². The Morgan fingerprint density at radius 1 is 1.11 bits per heavy atom. The van der Waals surface area contributed by atoms with Gasteiger partial charge in [0.2, 0.25) is 17.7 Å². The minimum absolute atomic E-state index is 0.0884. The van der Waals surface area contributed by atoms with Crippen LogP contribution in [0.25, 0.3) is 5.52 Å². The van der Waals surface area contributed by atoms with E-state index in [1.54, 1.807) is 22.8 Å². The maximum Gasteiger partial charge on any atom is 0.248 e. The topological polar surface area (TPSA) is 93.0 Å². The van der Waals surface area contributed by atoms with Crippen molar-refractivity contribution in [3.05, 3.63) is 79.3 Å². The third-order valence-electron chi connectivity index (χ3n) is 5.45. The Kier molecular flexibility index (Phi) is 6.27. The van der Waals surface area contributed by atoms with Crippen molar-refractivity contribution >= 4 is 34.4 Å². The number of nitrogens with zero attached hydrogens (tertiary/aromatic N) is 4. The molecule has 2 aromatic heterocycles. The molecule has 0 spiro atoms. The van der Waals surface area contributed by atoms with Crippen molar-refractivity contribution in [1.82, 2.24) is 14.6 Å². The smallest absolute Gasteiger partial charge is 0.248 e. The van der Waals surface area contributed by atoms with E-state index in [1.807, 2.05) is 24.3 Å². The van der Waals surface area contributed by atoms with Crippen LogP contribution in [0.3, 0.4) is 0 Å². The van der Waals surface area contributed by atoms with Crippen LogP contribution in [-0.2, 0) is 9.53 Å². The van der Waals surface area contributed by atoms with Crippen LogP contribution in [0.15, 0.2) is 73.4 Å². The molecular formula is C25H23FN6O3. The fourth-order valence-corrected chi connectivity index (χ4v) is 3.70. The number of anilines is 4. The van der Waals surface area contributed by atoms with E-state index in [9.17, 15) is 9.18 Å². The predicted molar refractivity (Wildman–Crippen MR) is 131 cm³/mol. The Morgan fingerprint density at radius 3 is 2.66 bits per heavy atom. The van der Waals surface area contributed by atoms with Crippen molar-refractivity contribution in [2.75, 3.05) is 41.8 Å². The number of fused-ring (bicyclic) bond motifs is 1. The van der Waals surface area contributed by atoms with Gasteiger partial charge in [0.05, 0.1) is 13.2 Å². The standard InChI is InChI=1S/C25H23FN6O3/c1-2-23(33)27-18-7-10-20(26)22(16-18)35-24-21-4-3-11-32(21)30-25(29-24)28-17-5-8-19(9-6-17)31-12-14-34-15-13-31/h2-11,16H,1,12-15H2,(H,27,33)(H,28,30). The second-order valence-corrected chi connectivity index (χ2v) is 7.79. The Balaban J connectivity index is 1.39. The van der Waals surface area contributed by atoms with E-state index >= 15 is 0 Å². The van der Waals surface area contributed by atoms with Gasteiger partial charge in [0.25, 0.3) is 0 Å². The summed E-state index contributed by atoms with van der Waals surface area (Å²) in [6, 6.07) is 15.5. The zero-order chi connectivity index (χ0) is 24.2. The van der Waals surface area contributed by atoms with E-state index in [2.05, 4.69) is 32.2 Å². The summed E-state index contributed by atoms with van der Waals surface area (Å²) >= 11 is 0. The molecule has 0 radical (unpaired) electrons. The van der Waals surface area contributed by atoms with Gasteiger partial charge >= 0.3 is 0 Å². The summed E-state index contributed by atoms with van der Waals surface area (Å²) in [5.41, 5.74) is 2.83. The number of morpholine rings is 1. The Labute approximate surface area is 200 Å². The number of hydrogen-bond acceptors (Lipinski definition) is 7. The molecule has 5 rings (SSSR count). The fraction of sp³-hybridized carbons (Fsp3) is 0.160. The highest BCUT2D eigenvalue weighted by Gasteiger charge is 2.15. The van der Waals surface area contributed by atoms with E-state index in [-0.39, 0.29) is 17.6 Å². The van der Waals surface area contributed by atoms with Crippen molar-refractivity contribution in [3.8, 4) is 11.6 Å². The summed E-state index contributed by atoms with van der Waals surface area (Å²) in [5.74, 6) is -0.666. The molecule has 2 aromatic carbocycles. The highest BCUT2D eigenvalue weighted by molar-refractivity contribution is 5.98. The number of halogens is 1. The average molecular weight is 474 g/mol. The molecule has 1 fully saturated rings. The Hall–Kier alpha value is -4.44. The monoisotopic (exact) mass is 474 g/mol. The number of carbonyl (C=O) groups excluding carboxylic acids is 1. The third-order valence-corrected chi connectivity index (χ3v) is 5.45. The van der Waals surface area contributed by atoms with Gasteiger partial charge in [-0.15, -0.1) is 5.10 Å². The summed E-state index contributed by atoms with van der Waals surface area (Å²) in [5, 5.41) is 10.2. The number of amides is 1. The zero-order valence-electron chi connectivity index (χ0n) is 18.8. The van der Waals surface area contributed by atoms with Gasteiger partial charge in [-0.1, -0.05) is 6.58 Å². The van der Waals surface area contributed by atoms with Gasteiger partial charge in [-0.3, -0.25) is 4.79 Å². The van der Waals surface area contributed by atoms with Crippen molar-refractivity contribution in [3.63, 3.8) is 0 Å². The third kappa shape index (κ3) is 5.07. The summed E-state index contributed by atoms with van der Waals surface area (Å²) in [6.07, 6.45) is 2.87. The number of carbonyl (C=O) groups is 1. The second kappa shape index (κ2) is 9.82. The molecule has 178 valence electrons. The van der Waals surface area contributed by atoms with E-state index in [0.717, 1.165) is 43.8 Å². The SMILES string of the molecule is C=CC(=O)Nc1ccc(F)c(Oc2nc(Nc3ccc(N4CCOCC4)cc3)nn3cccc23)c1. The first kappa shape index (κ1) is 22.4. The molecule has 1 aliphatic heterocycles. The fourth-order valence-electron chi connectivity index (χ4n) is 3.70. The molecule has 35 heavy (non-hydrogen) atoms. The van der Waals surface area contributed by atoms with Gasteiger partial charge in [-0.2, -0.15) is 4.98 Å². The molecule has 1 saturated heterocycles. The predicted octanol–water partition coefficient (Wildman–Crippen LogP) is 4.37. The summed E-state index contributed by atoms with van der Waals surface area (Å²) < 4.78 is 27.3. The maximum absolute atomic E-state index is 14.5. The van der Waals surface area contributed by atoms with Crippen LogP contribution in [0.5, 0.6) is 11.6 Å². The minimum atomic E-state index is -0.599. The van der Waals surface area contributed by atoms with E-state index in [1.165, 1.54) is 18.2 Å². The second-order valence-electron chi connectivity index (χ2n) is 7.79. The molecule has 3 heterocycles. The summed E-state index contributed by atoms with van der Waals surface area (Å²) in [7, 11) is 0. The molecule has 0 atom stereocenters. The first-order valence-electron chi connectivity index (χ1n) is 11.0. The van der Waals surface area contributed by atoms with Crippen molar-refractivity contribution in [2.24, 2.45) is 0 Å². The van der Waals surface area contributed by atoms with Crippen LogP contribution in [0, 0.1) is 5.82 Å². The van der Waals surface area contributed by atoms with Crippen LogP contribution in [0.4, 0.5) is 27.4 Å². The molecule has 0 bridgehead atoms. The number of rotatable bonds is 7. The molecule has 0 saturated carbocycles. The number of hydrogen-bond donors (Lipinski definition) is 2. The Bertz CT molecular complexity index is 1370. The van der Waals surface area contributed by atoms with Crippen LogP contribution >= 0.6 is 0 Å². The number of nitrogens with one attached hydrogen (secondary N) is 2. The quantitative estimate of drug-likeness (QED) is 0.384. The van der Waals surface area contributed by atoms with Crippen LogP contribution in [0.1, 0.15) is 0 Å². The summed E-state index contributed by atoms with van der Waals surface area (Å²) in [6.45, 7) is 6.57. The lowest BCUT2D eigenvalue weighted by molar-refractivity contribution is -0.111. The maximum atomic E-state index is 14.5. The molecule has 10 heteroatoms. The molecule has 2 N–H and O–H groups in total. The lowest BCUT2D eigenvalue weighted by atomic mass is 10.2. The van der Waals surface area contributed by atoms with E-state index in [4.69, 9.17) is 9.47 Å². The van der Waals surface area contributed by atoms with Gasteiger partial charge in [0.1, 0.15) is 5.52 Å². The van der Waals surface area contributed by atoms with Crippen molar-refractivity contribution in [2.45, 2.75) is 0 Å². The van der Waals surface area contributed by atoms with Crippen LogP contribution in [0.2, 0.25) is 0 Å².